The van der Waals surface area contributed by atoms with Crippen LogP contribution < -0.4 is 9.47 Å². The molecule has 0 unspecified atom stereocenters. The number of halogens is 2. The lowest BCUT2D eigenvalue weighted by atomic mass is 9.50. The first kappa shape index (κ1) is 55.9. The molecule has 75 heavy (non-hydrogen) atoms. The van der Waals surface area contributed by atoms with Crippen molar-refractivity contribution in [2.45, 2.75) is 163 Å². The molecule has 0 aromatic heterocycles. The minimum atomic E-state index is -1.67. The number of nitrogens with zero attached hydrogens (tertiary/aromatic N) is 2. The Morgan fingerprint density at radius 1 is 0.707 bits per heavy atom. The maximum absolute atomic E-state index is 13.1. The Balaban J connectivity index is 0.000000190. The fourth-order valence-electron chi connectivity index (χ4n) is 13.0. The van der Waals surface area contributed by atoms with Gasteiger partial charge < -0.3 is 68.5 Å². The van der Waals surface area contributed by atoms with Crippen molar-refractivity contribution >= 4 is 59.0 Å². The highest BCUT2D eigenvalue weighted by Gasteiger charge is 2.73. The van der Waals surface area contributed by atoms with Crippen LogP contribution >= 0.6 is 23.2 Å². The van der Waals surface area contributed by atoms with Crippen molar-refractivity contribution in [2.24, 2.45) is 0 Å². The number of hydrogen-bond acceptors (Lipinski definition) is 19. The molecule has 4 aliphatic heterocycles. The molecule has 2 aromatic rings. The van der Waals surface area contributed by atoms with Crippen LogP contribution in [0.4, 0.5) is 0 Å². The van der Waals surface area contributed by atoms with Crippen LogP contribution in [0.5, 0.6) is 11.5 Å². The number of aliphatic carboxylic acids is 1. The van der Waals surface area contributed by atoms with Crippen LogP contribution in [0.15, 0.2) is 47.9 Å². The number of carbonyl (C=O) groups excluding carboxylic acids is 5. The summed E-state index contributed by atoms with van der Waals surface area (Å²) < 4.78 is 39.3. The summed E-state index contributed by atoms with van der Waals surface area (Å²) in [7, 11) is 3.98. The van der Waals surface area contributed by atoms with E-state index in [9.17, 15) is 54.3 Å². The highest BCUT2D eigenvalue weighted by molar-refractivity contribution is 6.40. The summed E-state index contributed by atoms with van der Waals surface area (Å²) in [5.74, 6) is -4.05. The van der Waals surface area contributed by atoms with Crippen LogP contribution in [-0.2, 0) is 89.3 Å². The third-order valence-electron chi connectivity index (χ3n) is 16.0. The molecule has 408 valence electrons. The molecule has 8 aliphatic rings. The first-order valence-corrected chi connectivity index (χ1v) is 25.9. The van der Waals surface area contributed by atoms with E-state index in [0.717, 1.165) is 36.1 Å². The molecular weight excluding hydrogens is 1020 g/mol. The van der Waals surface area contributed by atoms with Gasteiger partial charge in [-0.2, -0.15) is 0 Å². The normalized spacial score (nSPS) is 29.7. The van der Waals surface area contributed by atoms with E-state index in [4.69, 9.17) is 56.4 Å². The summed E-state index contributed by atoms with van der Waals surface area (Å²) in [6.07, 6.45) is 0.217. The zero-order valence-electron chi connectivity index (χ0n) is 42.8. The molecule has 2 fully saturated rings. The number of benzene rings is 2. The number of esters is 5. The molecule has 4 heterocycles. The molecule has 22 heteroatoms. The van der Waals surface area contributed by atoms with Crippen LogP contribution in [0.25, 0.3) is 0 Å². The molecule has 10 rings (SSSR count). The lowest BCUT2D eigenvalue weighted by Gasteiger charge is -2.61. The van der Waals surface area contributed by atoms with E-state index in [0.29, 0.717) is 61.4 Å². The Morgan fingerprint density at radius 2 is 1.11 bits per heavy atom. The van der Waals surface area contributed by atoms with Gasteiger partial charge in [-0.25, -0.2) is 9.59 Å². The van der Waals surface area contributed by atoms with Gasteiger partial charge in [0.05, 0.1) is 53.4 Å². The van der Waals surface area contributed by atoms with Crippen molar-refractivity contribution < 1.29 is 87.5 Å². The third-order valence-corrected chi connectivity index (χ3v) is 16.0. The number of carbonyl (C=O) groups is 6. The van der Waals surface area contributed by atoms with Crippen LogP contribution in [0, 0.1) is 0 Å². The molecule has 0 amide bonds. The van der Waals surface area contributed by atoms with E-state index in [1.54, 1.807) is 32.9 Å². The van der Waals surface area contributed by atoms with E-state index >= 15 is 0 Å². The Morgan fingerprint density at radius 3 is 1.48 bits per heavy atom. The van der Waals surface area contributed by atoms with Gasteiger partial charge in [0.2, 0.25) is 12.2 Å². The molecule has 0 saturated carbocycles. The maximum Gasteiger partial charge on any atom is 0.348 e. The number of carboxylic acids is 1. The molecule has 0 radical (unpaired) electrons. The van der Waals surface area contributed by atoms with Gasteiger partial charge in [0.15, 0.2) is 12.2 Å². The summed E-state index contributed by atoms with van der Waals surface area (Å²) >= 11 is 9.53. The molecule has 5 N–H and O–H groups in total. The number of aliphatic hydroxyl groups is 4. The average Bonchev–Trinajstić information content (AvgIpc) is 3.89. The molecule has 2 spiro atoms. The molecule has 20 nitrogen and oxygen atoms in total. The van der Waals surface area contributed by atoms with Gasteiger partial charge in [-0.05, 0) is 96.9 Å². The van der Waals surface area contributed by atoms with Gasteiger partial charge in [0.1, 0.15) is 28.6 Å². The zero-order valence-corrected chi connectivity index (χ0v) is 44.3. The Bertz CT molecular complexity index is 2720. The van der Waals surface area contributed by atoms with Crippen molar-refractivity contribution in [3.63, 3.8) is 0 Å². The number of aliphatic hydroxyl groups excluding tert-OH is 2. The quantitative estimate of drug-likeness (QED) is 0.116. The van der Waals surface area contributed by atoms with E-state index in [1.165, 1.54) is 0 Å². The minimum absolute atomic E-state index is 0.158. The predicted molar refractivity (Wildman–Crippen MR) is 264 cm³/mol. The van der Waals surface area contributed by atoms with Crippen molar-refractivity contribution in [2.75, 3.05) is 32.5 Å². The number of alkyl halides is 2. The largest absolute Gasteiger partial charge is 0.481 e. The second-order valence-electron chi connectivity index (χ2n) is 21.3. The highest BCUT2D eigenvalue weighted by Crippen LogP contribution is 2.66. The molecule has 4 bridgehead atoms. The van der Waals surface area contributed by atoms with Crippen molar-refractivity contribution in [1.82, 2.24) is 9.80 Å². The number of likely N-dealkylation sites (tertiary alicyclic amines) is 2. The molecule has 2 aromatic carbocycles. The lowest BCUT2D eigenvalue weighted by Crippen LogP contribution is -2.74. The van der Waals surface area contributed by atoms with Crippen molar-refractivity contribution in [3.05, 3.63) is 81.3 Å². The fraction of sp³-hybridized carbons (Fsp3) is 0.585. The standard InChI is InChI=1S/C28H35NO9.C24H27NO9.CH2Cl2/c1-15(31)35-19(25(33)38-26(2,3)4)13-21(32)36-18-8-9-28(34)20-12-16-6-7-17(14-30)23-22(16)27(28,24(18)37-23)10-11-29(20)5;1-12(27)32-16(22(29)30)10-18(28)33-15-5-6-24(31)17-9-13-3-4-14(11-26)20-19(13)23(24,21(15)34-20)7-8-25(17)2;2-1-3/h6-8,19-20,24,30,34H,9-14H2,1-5H3;3-5,16-17,21,26,31H,6-11H2,1-2H3,(H,29,30);1H2/t19-,20+,24-,27-,28+;16-,17+,21-,23-,24+;/m00./s1. The number of carboxylic acid groups (broad SMARTS) is 1. The Labute approximate surface area is 443 Å². The van der Waals surface area contributed by atoms with Crippen molar-refractivity contribution in [3.8, 4) is 11.5 Å². The SMILES string of the molecule is CC(=O)O[C@@H](CC(=O)OC1=CC[C@@]2(O)[C@H]3Cc4ccc(CO)c5c4[C@@]2(CCN3C)[C@H]1O5)C(=O)O.CC(=O)O[C@@H](CC(=O)OC1=CC[C@@]2(O)[C@H]3Cc4ccc(CO)c5c4[C@@]2(CCN3C)[C@H]1O5)C(=O)OC(C)(C)C.ClCCl. The van der Waals surface area contributed by atoms with Crippen LogP contribution in [0.1, 0.15) is 107 Å². The van der Waals surface area contributed by atoms with Gasteiger partial charge in [0.25, 0.3) is 0 Å². The maximum atomic E-state index is 13.1. The summed E-state index contributed by atoms with van der Waals surface area (Å²) in [6.45, 7) is 8.16. The molecular formula is C53H64Cl2N2O18. The first-order chi connectivity index (χ1) is 35.3. The lowest BCUT2D eigenvalue weighted by molar-refractivity contribution is -0.179. The topological polar surface area (TPSA) is 275 Å². The molecule has 4 aliphatic carbocycles. The van der Waals surface area contributed by atoms with Gasteiger partial charge >= 0.3 is 35.8 Å². The van der Waals surface area contributed by atoms with Gasteiger partial charge in [-0.3, -0.25) is 19.2 Å². The van der Waals surface area contributed by atoms with E-state index in [-0.39, 0.29) is 55.0 Å². The first-order valence-electron chi connectivity index (χ1n) is 24.8. The van der Waals surface area contributed by atoms with E-state index in [2.05, 4.69) is 9.80 Å². The summed E-state index contributed by atoms with van der Waals surface area (Å²) in [6, 6.07) is 7.27. The Kier molecular flexibility index (Phi) is 15.6. The molecule has 2 saturated heterocycles. The van der Waals surface area contributed by atoms with E-state index < -0.39 is 101 Å². The Hall–Kier alpha value is -5.32. The number of piperidine rings is 2. The minimum Gasteiger partial charge on any atom is -0.481 e. The molecule has 10 atom stereocenters. The van der Waals surface area contributed by atoms with Crippen LogP contribution in [0.3, 0.4) is 0 Å². The summed E-state index contributed by atoms with van der Waals surface area (Å²) in [5.41, 5.74) is 0.122. The summed E-state index contributed by atoms with van der Waals surface area (Å²) in [4.78, 5) is 76.9. The zero-order chi connectivity index (χ0) is 54.7. The monoisotopic (exact) mass is 1090 g/mol. The van der Waals surface area contributed by atoms with Crippen molar-refractivity contribution in [1.29, 1.82) is 0 Å². The number of ether oxygens (including phenoxy) is 7. The third kappa shape index (κ3) is 9.46. The predicted octanol–water partition coefficient (Wildman–Crippen LogP) is 3.49. The number of rotatable bonds is 12. The number of likely N-dealkylation sites (N-methyl/N-ethyl adjacent to an activating group) is 2. The van der Waals surface area contributed by atoms with Gasteiger partial charge in [0, 0.05) is 61.0 Å². The van der Waals surface area contributed by atoms with Gasteiger partial charge in [-0.15, -0.1) is 23.2 Å². The second-order valence-corrected chi connectivity index (χ2v) is 22.1. The summed E-state index contributed by atoms with van der Waals surface area (Å²) in [5, 5.41) is 53.7. The fourth-order valence-corrected chi connectivity index (χ4v) is 13.0. The van der Waals surface area contributed by atoms with Gasteiger partial charge in [-0.1, -0.05) is 24.3 Å². The average molecular weight is 1090 g/mol. The van der Waals surface area contributed by atoms with E-state index in [1.807, 2.05) is 38.4 Å². The second kappa shape index (κ2) is 20.9. The smallest absolute Gasteiger partial charge is 0.348 e. The highest BCUT2D eigenvalue weighted by atomic mass is 35.5. The number of hydrogen-bond donors (Lipinski definition) is 5. The van der Waals surface area contributed by atoms with Crippen LogP contribution in [0.2, 0.25) is 0 Å². The van der Waals surface area contributed by atoms with Crippen LogP contribution in [-0.4, -0.2) is 157 Å².